The number of pyridine rings is 1. The first-order valence-electron chi connectivity index (χ1n) is 4.86. The summed E-state index contributed by atoms with van der Waals surface area (Å²) in [5, 5.41) is 10.7. The molecule has 0 bridgehead atoms. The van der Waals surface area contributed by atoms with Crippen molar-refractivity contribution in [2.24, 2.45) is 0 Å². The van der Waals surface area contributed by atoms with Gasteiger partial charge in [-0.25, -0.2) is 0 Å². The van der Waals surface area contributed by atoms with Crippen molar-refractivity contribution in [2.75, 3.05) is 6.54 Å². The maximum absolute atomic E-state index is 9.49. The number of hydroxylamine groups is 2. The maximum Gasteiger partial charge on any atom is 0.0668 e. The van der Waals surface area contributed by atoms with E-state index in [1.54, 1.807) is 12.3 Å². The molecule has 0 spiro atoms. The fourth-order valence-corrected chi connectivity index (χ4v) is 1.34. The zero-order valence-corrected chi connectivity index (χ0v) is 8.76. The third-order valence-corrected chi connectivity index (χ3v) is 2.02. The van der Waals surface area contributed by atoms with Crippen molar-refractivity contribution in [1.82, 2.24) is 10.0 Å². The van der Waals surface area contributed by atoms with E-state index in [1.165, 1.54) is 5.06 Å². The Hall–Kier alpha value is -1.45. The Balaban J connectivity index is 2.73. The molecule has 0 saturated heterocycles. The molecule has 0 aliphatic heterocycles. The normalized spacial score (nSPS) is 10.3. The van der Waals surface area contributed by atoms with Gasteiger partial charge in [-0.05, 0) is 18.1 Å². The lowest BCUT2D eigenvalue weighted by atomic mass is 10.1. The molecular weight excluding hydrogens is 188 g/mol. The molecule has 0 aliphatic rings. The summed E-state index contributed by atoms with van der Waals surface area (Å²) in [6.07, 6.45) is 5.97. The van der Waals surface area contributed by atoms with Gasteiger partial charge in [0.1, 0.15) is 0 Å². The van der Waals surface area contributed by atoms with Crippen LogP contribution in [0.3, 0.4) is 0 Å². The Labute approximate surface area is 90.3 Å². The van der Waals surface area contributed by atoms with Crippen molar-refractivity contribution >= 4 is 0 Å². The van der Waals surface area contributed by atoms with Crippen LogP contribution < -0.4 is 0 Å². The molecule has 3 heteroatoms. The minimum atomic E-state index is 0.413. The lowest BCUT2D eigenvalue weighted by Gasteiger charge is -2.13. The molecule has 0 aliphatic carbocycles. The minimum absolute atomic E-state index is 0.413. The van der Waals surface area contributed by atoms with Crippen LogP contribution in [0.4, 0.5) is 0 Å². The second kappa shape index (κ2) is 6.11. The smallest absolute Gasteiger partial charge is 0.0668 e. The van der Waals surface area contributed by atoms with E-state index in [2.05, 4.69) is 18.1 Å². The molecule has 1 aromatic rings. The lowest BCUT2D eigenvalue weighted by molar-refractivity contribution is -0.0897. The Morgan fingerprint density at radius 2 is 2.20 bits per heavy atom. The van der Waals surface area contributed by atoms with Crippen LogP contribution in [-0.2, 0) is 13.0 Å². The third kappa shape index (κ3) is 3.65. The van der Waals surface area contributed by atoms with Gasteiger partial charge in [-0.3, -0.25) is 4.98 Å². The van der Waals surface area contributed by atoms with E-state index in [0.717, 1.165) is 17.7 Å². The average Bonchev–Trinajstić information content (AvgIpc) is 2.21. The summed E-state index contributed by atoms with van der Waals surface area (Å²) < 4.78 is 0. The molecule has 3 nitrogen and oxygen atoms in total. The largest absolute Gasteiger partial charge is 0.313 e. The van der Waals surface area contributed by atoms with Crippen LogP contribution in [-0.4, -0.2) is 21.8 Å². The van der Waals surface area contributed by atoms with Crippen molar-refractivity contribution in [3.05, 3.63) is 54.9 Å². The number of allylic oxidation sites excluding steroid dienone is 1. The monoisotopic (exact) mass is 204 g/mol. The van der Waals surface area contributed by atoms with Gasteiger partial charge in [0.15, 0.2) is 0 Å². The molecule has 1 heterocycles. The molecule has 15 heavy (non-hydrogen) atoms. The zero-order valence-electron chi connectivity index (χ0n) is 8.76. The van der Waals surface area contributed by atoms with Crippen molar-refractivity contribution in [2.45, 2.75) is 13.0 Å². The van der Waals surface area contributed by atoms with E-state index in [9.17, 15) is 5.21 Å². The maximum atomic E-state index is 9.49. The van der Waals surface area contributed by atoms with Crippen LogP contribution in [0.15, 0.2) is 43.6 Å². The highest BCUT2D eigenvalue weighted by atomic mass is 16.5. The van der Waals surface area contributed by atoms with Crippen LogP contribution in [0.2, 0.25) is 0 Å². The second-order valence-corrected chi connectivity index (χ2v) is 3.24. The van der Waals surface area contributed by atoms with Gasteiger partial charge in [0.2, 0.25) is 0 Å². The zero-order chi connectivity index (χ0) is 11.1. The molecule has 0 saturated carbocycles. The van der Waals surface area contributed by atoms with Gasteiger partial charge in [-0.15, -0.1) is 13.2 Å². The highest BCUT2D eigenvalue weighted by Crippen LogP contribution is 2.08. The van der Waals surface area contributed by atoms with Gasteiger partial charge in [0.05, 0.1) is 12.2 Å². The van der Waals surface area contributed by atoms with E-state index in [1.807, 2.05) is 18.2 Å². The molecule has 0 unspecified atom stereocenters. The third-order valence-electron chi connectivity index (χ3n) is 2.02. The average molecular weight is 204 g/mol. The highest BCUT2D eigenvalue weighted by Gasteiger charge is 2.05. The van der Waals surface area contributed by atoms with E-state index in [4.69, 9.17) is 0 Å². The quantitative estimate of drug-likeness (QED) is 0.570. The molecule has 0 fully saturated rings. The fourth-order valence-electron chi connectivity index (χ4n) is 1.34. The molecule has 1 N–H and O–H groups in total. The standard InChI is InChI=1S/C12H16N2O/c1-3-6-11-7-5-8-13-12(11)10-14(15)9-4-2/h3-5,7-8,15H,1-2,6,9-10H2. The van der Waals surface area contributed by atoms with Gasteiger partial charge in [0, 0.05) is 12.7 Å². The molecule has 1 aromatic heterocycles. The van der Waals surface area contributed by atoms with Crippen molar-refractivity contribution < 1.29 is 5.21 Å². The second-order valence-electron chi connectivity index (χ2n) is 3.24. The van der Waals surface area contributed by atoms with Crippen molar-refractivity contribution in [1.29, 1.82) is 0 Å². The first kappa shape index (κ1) is 11.6. The van der Waals surface area contributed by atoms with Crippen LogP contribution in [0.25, 0.3) is 0 Å². The van der Waals surface area contributed by atoms with Crippen LogP contribution in [0.1, 0.15) is 11.3 Å². The number of nitrogens with zero attached hydrogens (tertiary/aromatic N) is 2. The van der Waals surface area contributed by atoms with E-state index in [0.29, 0.717) is 13.1 Å². The Kier molecular flexibility index (Phi) is 4.74. The van der Waals surface area contributed by atoms with E-state index < -0.39 is 0 Å². The summed E-state index contributed by atoms with van der Waals surface area (Å²) in [4.78, 5) is 4.24. The Bertz CT molecular complexity index is 336. The summed E-state index contributed by atoms with van der Waals surface area (Å²) in [6, 6.07) is 3.88. The van der Waals surface area contributed by atoms with E-state index >= 15 is 0 Å². The molecule has 0 amide bonds. The predicted octanol–water partition coefficient (Wildman–Crippen LogP) is 2.19. The van der Waals surface area contributed by atoms with E-state index in [-0.39, 0.29) is 0 Å². The number of aromatic nitrogens is 1. The SMILES string of the molecule is C=CCc1cccnc1CN(O)CC=C. The summed E-state index contributed by atoms with van der Waals surface area (Å²) in [5.41, 5.74) is 1.97. The first-order valence-corrected chi connectivity index (χ1v) is 4.86. The van der Waals surface area contributed by atoms with Gasteiger partial charge in [-0.1, -0.05) is 18.2 Å². The molecular formula is C12H16N2O. The first-order chi connectivity index (χ1) is 7.27. The van der Waals surface area contributed by atoms with Gasteiger partial charge >= 0.3 is 0 Å². The molecule has 0 radical (unpaired) electrons. The topological polar surface area (TPSA) is 36.4 Å². The summed E-state index contributed by atoms with van der Waals surface area (Å²) in [5.74, 6) is 0. The van der Waals surface area contributed by atoms with Crippen LogP contribution >= 0.6 is 0 Å². The van der Waals surface area contributed by atoms with Crippen LogP contribution in [0.5, 0.6) is 0 Å². The highest BCUT2D eigenvalue weighted by molar-refractivity contribution is 5.21. The lowest BCUT2D eigenvalue weighted by Crippen LogP contribution is -2.20. The fraction of sp³-hybridized carbons (Fsp3) is 0.250. The predicted molar refractivity (Wildman–Crippen MR) is 60.5 cm³/mol. The molecule has 1 rings (SSSR count). The van der Waals surface area contributed by atoms with Crippen molar-refractivity contribution in [3.63, 3.8) is 0 Å². The molecule has 80 valence electrons. The van der Waals surface area contributed by atoms with Crippen LogP contribution in [0, 0.1) is 0 Å². The van der Waals surface area contributed by atoms with Gasteiger partial charge < -0.3 is 5.21 Å². The summed E-state index contributed by atoms with van der Waals surface area (Å²) in [7, 11) is 0. The minimum Gasteiger partial charge on any atom is -0.313 e. The van der Waals surface area contributed by atoms with Gasteiger partial charge in [0.25, 0.3) is 0 Å². The van der Waals surface area contributed by atoms with Crippen molar-refractivity contribution in [3.8, 4) is 0 Å². The van der Waals surface area contributed by atoms with Gasteiger partial charge in [-0.2, -0.15) is 5.06 Å². The Morgan fingerprint density at radius 3 is 2.87 bits per heavy atom. The number of rotatable bonds is 6. The number of hydrogen-bond acceptors (Lipinski definition) is 3. The summed E-state index contributed by atoms with van der Waals surface area (Å²) >= 11 is 0. The molecule has 0 aromatic carbocycles. The summed E-state index contributed by atoms with van der Waals surface area (Å²) in [6.45, 7) is 8.10. The Morgan fingerprint density at radius 1 is 1.40 bits per heavy atom. The number of hydrogen-bond donors (Lipinski definition) is 1. The molecule has 0 atom stereocenters.